The summed E-state index contributed by atoms with van der Waals surface area (Å²) in [7, 11) is 1.89. The van der Waals surface area contributed by atoms with Crippen molar-refractivity contribution < 1.29 is 4.79 Å². The van der Waals surface area contributed by atoms with Crippen LogP contribution in [0.25, 0.3) is 22.6 Å². The van der Waals surface area contributed by atoms with Crippen molar-refractivity contribution in [3.05, 3.63) is 48.1 Å². The first-order valence-electron chi connectivity index (χ1n) is 9.00. The second-order valence-corrected chi connectivity index (χ2v) is 7.99. The number of amides is 1. The van der Waals surface area contributed by atoms with Crippen LogP contribution in [0.2, 0.25) is 0 Å². The average molecular weight is 426 g/mol. The van der Waals surface area contributed by atoms with Crippen molar-refractivity contribution in [1.29, 1.82) is 0 Å². The molecule has 0 radical (unpaired) electrons. The number of aromatic nitrogens is 6. The molecule has 8 nitrogen and oxygen atoms in total. The first-order valence-corrected chi connectivity index (χ1v) is 10.9. The molecule has 0 bridgehead atoms. The minimum absolute atomic E-state index is 0.122. The molecule has 0 aliphatic carbocycles. The lowest BCUT2D eigenvalue weighted by Crippen LogP contribution is -2.14. The summed E-state index contributed by atoms with van der Waals surface area (Å²) in [4.78, 5) is 16.2. The van der Waals surface area contributed by atoms with E-state index in [0.717, 1.165) is 22.6 Å². The second-order valence-electron chi connectivity index (χ2n) is 6.16. The predicted octanol–water partition coefficient (Wildman–Crippen LogP) is 3.55. The van der Waals surface area contributed by atoms with E-state index >= 15 is 0 Å². The van der Waals surface area contributed by atoms with Crippen LogP contribution in [0, 0.1) is 0 Å². The number of hydrogen-bond donors (Lipinski definition) is 1. The van der Waals surface area contributed by atoms with Crippen molar-refractivity contribution in [2.24, 2.45) is 7.05 Å². The van der Waals surface area contributed by atoms with Gasteiger partial charge in [-0.2, -0.15) is 5.10 Å². The van der Waals surface area contributed by atoms with E-state index in [2.05, 4.69) is 25.6 Å². The molecule has 1 N–H and O–H groups in total. The summed E-state index contributed by atoms with van der Waals surface area (Å²) in [5, 5.41) is 19.2. The highest BCUT2D eigenvalue weighted by atomic mass is 32.2. The largest absolute Gasteiger partial charge is 0.302 e. The van der Waals surface area contributed by atoms with Crippen LogP contribution in [-0.2, 0) is 18.4 Å². The average Bonchev–Trinajstić information content (AvgIpc) is 3.46. The van der Waals surface area contributed by atoms with Gasteiger partial charge in [0.1, 0.15) is 5.69 Å². The number of nitrogens with one attached hydrogen (secondary N) is 1. The number of hydrogen-bond acceptors (Lipinski definition) is 7. The van der Waals surface area contributed by atoms with Crippen molar-refractivity contribution in [2.45, 2.75) is 18.6 Å². The summed E-state index contributed by atoms with van der Waals surface area (Å²) < 4.78 is 3.78. The van der Waals surface area contributed by atoms with Gasteiger partial charge < -0.3 is 9.88 Å². The molecule has 10 heteroatoms. The van der Waals surface area contributed by atoms with Crippen LogP contribution in [0.15, 0.2) is 53.3 Å². The Hall–Kier alpha value is -2.98. The van der Waals surface area contributed by atoms with E-state index < -0.39 is 0 Å². The monoisotopic (exact) mass is 425 g/mol. The molecule has 0 aliphatic heterocycles. The third-order valence-corrected chi connectivity index (χ3v) is 5.82. The summed E-state index contributed by atoms with van der Waals surface area (Å²) in [6, 6.07) is 10.0. The van der Waals surface area contributed by atoms with Gasteiger partial charge in [-0.3, -0.25) is 9.48 Å². The van der Waals surface area contributed by atoms with Crippen molar-refractivity contribution >= 4 is 34.1 Å². The zero-order chi connectivity index (χ0) is 20.2. The summed E-state index contributed by atoms with van der Waals surface area (Å²) in [6.07, 6.45) is 3.60. The Morgan fingerprint density at radius 2 is 2.07 bits per heavy atom. The summed E-state index contributed by atoms with van der Waals surface area (Å²) in [5.41, 5.74) is 2.78. The number of aryl methyl sites for hydroxylation is 1. The molecule has 29 heavy (non-hydrogen) atoms. The smallest absolute Gasteiger partial charge is 0.236 e. The number of benzene rings is 1. The maximum absolute atomic E-state index is 12.2. The molecule has 148 valence electrons. The van der Waals surface area contributed by atoms with Crippen molar-refractivity contribution in [3.8, 4) is 22.6 Å². The third-order valence-electron chi connectivity index (χ3n) is 4.16. The number of carbonyl (C=O) groups excluding carboxylic acids is 1. The molecular formula is C19H19N7OS2. The lowest BCUT2D eigenvalue weighted by atomic mass is 10.1. The van der Waals surface area contributed by atoms with Crippen LogP contribution < -0.4 is 5.32 Å². The molecule has 0 aliphatic rings. The molecule has 0 fully saturated rings. The van der Waals surface area contributed by atoms with E-state index in [0.29, 0.717) is 16.8 Å². The summed E-state index contributed by atoms with van der Waals surface area (Å²) in [6.45, 7) is 2.72. The number of nitrogens with zero attached hydrogens (tertiary/aromatic N) is 6. The molecule has 1 aromatic carbocycles. The van der Waals surface area contributed by atoms with E-state index in [4.69, 9.17) is 0 Å². The van der Waals surface area contributed by atoms with Gasteiger partial charge in [-0.15, -0.1) is 21.5 Å². The fourth-order valence-corrected chi connectivity index (χ4v) is 4.26. The normalized spacial score (nSPS) is 11.0. The lowest BCUT2D eigenvalue weighted by molar-refractivity contribution is -0.113. The van der Waals surface area contributed by atoms with Gasteiger partial charge in [-0.25, -0.2) is 4.98 Å². The molecule has 4 aromatic rings. The fourth-order valence-electron chi connectivity index (χ4n) is 2.91. The predicted molar refractivity (Wildman–Crippen MR) is 115 cm³/mol. The van der Waals surface area contributed by atoms with Gasteiger partial charge in [0.05, 0.1) is 11.3 Å². The molecule has 0 unspecified atom stereocenters. The molecule has 0 saturated carbocycles. The Morgan fingerprint density at radius 1 is 1.24 bits per heavy atom. The van der Waals surface area contributed by atoms with E-state index in [1.165, 1.54) is 23.1 Å². The Labute approximate surface area is 176 Å². The summed E-state index contributed by atoms with van der Waals surface area (Å²) in [5.74, 6) is 0.849. The first kappa shape index (κ1) is 19.3. The van der Waals surface area contributed by atoms with Crippen molar-refractivity contribution in [3.63, 3.8) is 0 Å². The van der Waals surface area contributed by atoms with E-state index in [9.17, 15) is 4.79 Å². The van der Waals surface area contributed by atoms with Crippen LogP contribution in [0.4, 0.5) is 5.13 Å². The molecule has 0 saturated heterocycles. The highest BCUT2D eigenvalue weighted by Crippen LogP contribution is 2.31. The van der Waals surface area contributed by atoms with Crippen LogP contribution in [0.3, 0.4) is 0 Å². The number of rotatable bonds is 7. The van der Waals surface area contributed by atoms with Crippen LogP contribution in [-0.4, -0.2) is 41.2 Å². The van der Waals surface area contributed by atoms with Crippen molar-refractivity contribution in [2.75, 3.05) is 11.1 Å². The minimum Gasteiger partial charge on any atom is -0.302 e. The number of thiazole rings is 1. The Bertz CT molecular complexity index is 1100. The zero-order valence-electron chi connectivity index (χ0n) is 15.9. The van der Waals surface area contributed by atoms with Crippen LogP contribution in [0.5, 0.6) is 0 Å². The number of thioether (sulfide) groups is 1. The van der Waals surface area contributed by atoms with E-state index in [1.54, 1.807) is 10.9 Å². The highest BCUT2D eigenvalue weighted by molar-refractivity contribution is 7.99. The number of anilines is 1. The minimum atomic E-state index is -0.122. The zero-order valence-corrected chi connectivity index (χ0v) is 17.6. The Kier molecular flexibility index (Phi) is 5.72. The maximum Gasteiger partial charge on any atom is 0.236 e. The van der Waals surface area contributed by atoms with Gasteiger partial charge in [0.2, 0.25) is 5.91 Å². The van der Waals surface area contributed by atoms with Crippen LogP contribution in [0.1, 0.15) is 6.92 Å². The molecule has 4 rings (SSSR count). The third kappa shape index (κ3) is 4.22. The van der Waals surface area contributed by atoms with Gasteiger partial charge >= 0.3 is 0 Å². The first-order chi connectivity index (χ1) is 14.2. The van der Waals surface area contributed by atoms with Gasteiger partial charge in [0.15, 0.2) is 16.1 Å². The van der Waals surface area contributed by atoms with E-state index in [-0.39, 0.29) is 11.7 Å². The van der Waals surface area contributed by atoms with Crippen molar-refractivity contribution in [1.82, 2.24) is 29.5 Å². The van der Waals surface area contributed by atoms with Crippen LogP contribution >= 0.6 is 23.1 Å². The molecule has 0 atom stereocenters. The Morgan fingerprint density at radius 3 is 2.79 bits per heavy atom. The molecule has 0 spiro atoms. The Balaban J connectivity index is 1.58. The van der Waals surface area contributed by atoms with Gasteiger partial charge in [0.25, 0.3) is 0 Å². The van der Waals surface area contributed by atoms with Gasteiger partial charge in [-0.05, 0) is 6.92 Å². The second kappa shape index (κ2) is 8.58. The number of carbonyl (C=O) groups is 1. The van der Waals surface area contributed by atoms with E-state index in [1.807, 2.05) is 60.4 Å². The standard InChI is InChI=1S/C19H19N7OS2/c1-3-26-17(14-11-25(2)24-16(14)13-7-5-4-6-8-13)22-23-19(26)29-12-15(27)21-18-20-9-10-28-18/h4-11H,3,12H2,1-2H3,(H,20,21,27). The summed E-state index contributed by atoms with van der Waals surface area (Å²) >= 11 is 2.74. The van der Waals surface area contributed by atoms with Gasteiger partial charge in [0, 0.05) is 36.9 Å². The molecule has 3 aromatic heterocycles. The fraction of sp³-hybridized carbons (Fsp3) is 0.211. The SMILES string of the molecule is CCn1c(SCC(=O)Nc2nccs2)nnc1-c1cn(C)nc1-c1ccccc1. The topological polar surface area (TPSA) is 90.5 Å². The van der Waals surface area contributed by atoms with Gasteiger partial charge in [-0.1, -0.05) is 42.1 Å². The highest BCUT2D eigenvalue weighted by Gasteiger charge is 2.20. The molecular weight excluding hydrogens is 406 g/mol. The molecule has 1 amide bonds. The lowest BCUT2D eigenvalue weighted by Gasteiger charge is -2.07. The maximum atomic E-state index is 12.2. The quantitative estimate of drug-likeness (QED) is 0.455. The molecule has 3 heterocycles.